The lowest BCUT2D eigenvalue weighted by Crippen LogP contribution is -2.58. The van der Waals surface area contributed by atoms with Gasteiger partial charge in [-0.05, 0) is 32.0 Å². The molecule has 0 saturated carbocycles. The van der Waals surface area contributed by atoms with E-state index in [1.165, 1.54) is 12.1 Å². The Morgan fingerprint density at radius 3 is 2.57 bits per heavy atom. The van der Waals surface area contributed by atoms with E-state index in [0.29, 0.717) is 25.3 Å². The van der Waals surface area contributed by atoms with E-state index in [0.717, 1.165) is 13.1 Å². The molecule has 6 heteroatoms. The zero-order valence-corrected chi connectivity index (χ0v) is 12.6. The lowest BCUT2D eigenvalue weighted by molar-refractivity contribution is 0.0715. The molecule has 1 aliphatic heterocycles. The molecular formula is C15H23FN4O. The molecule has 1 fully saturated rings. The number of nitrogens with one attached hydrogen (secondary N) is 1. The minimum atomic E-state index is -0.359. The number of carbonyl (C=O) groups excluding carboxylic acids is 1. The van der Waals surface area contributed by atoms with Gasteiger partial charge in [-0.15, -0.1) is 0 Å². The summed E-state index contributed by atoms with van der Waals surface area (Å²) < 4.78 is 13.1. The number of anilines is 1. The topological polar surface area (TPSA) is 61.6 Å². The number of hydrogen-bond donors (Lipinski definition) is 2. The second kappa shape index (κ2) is 6.41. The third-order valence-corrected chi connectivity index (χ3v) is 4.00. The van der Waals surface area contributed by atoms with E-state index >= 15 is 0 Å². The van der Waals surface area contributed by atoms with Crippen molar-refractivity contribution in [2.45, 2.75) is 19.4 Å². The minimum absolute atomic E-state index is 0.0505. The molecule has 0 radical (unpaired) electrons. The number of hydrogen-bond acceptors (Lipinski definition) is 3. The molecule has 0 aromatic heterocycles. The first-order valence-electron chi connectivity index (χ1n) is 7.19. The van der Waals surface area contributed by atoms with E-state index in [1.807, 2.05) is 0 Å². The maximum absolute atomic E-state index is 13.1. The summed E-state index contributed by atoms with van der Waals surface area (Å²) in [6, 6.07) is 5.72. The van der Waals surface area contributed by atoms with Gasteiger partial charge in [-0.25, -0.2) is 9.18 Å². The zero-order valence-electron chi connectivity index (χ0n) is 12.6. The van der Waals surface area contributed by atoms with Crippen molar-refractivity contribution in [3.8, 4) is 0 Å². The second-order valence-electron chi connectivity index (χ2n) is 5.93. The molecule has 1 aliphatic rings. The van der Waals surface area contributed by atoms with Crippen LogP contribution in [0.1, 0.15) is 13.8 Å². The maximum atomic E-state index is 13.1. The van der Waals surface area contributed by atoms with Crippen molar-refractivity contribution in [1.82, 2.24) is 9.80 Å². The number of piperazine rings is 1. The number of benzene rings is 1. The number of urea groups is 1. The van der Waals surface area contributed by atoms with Gasteiger partial charge >= 0.3 is 6.03 Å². The summed E-state index contributed by atoms with van der Waals surface area (Å²) in [6.45, 7) is 7.67. The van der Waals surface area contributed by atoms with Crippen LogP contribution >= 0.6 is 0 Å². The molecule has 5 nitrogen and oxygen atoms in total. The normalized spacial score (nSPS) is 16.9. The van der Waals surface area contributed by atoms with E-state index in [2.05, 4.69) is 24.1 Å². The molecule has 0 spiro atoms. The van der Waals surface area contributed by atoms with Crippen molar-refractivity contribution in [2.24, 2.45) is 5.73 Å². The van der Waals surface area contributed by atoms with Crippen LogP contribution in [0.5, 0.6) is 0 Å². The van der Waals surface area contributed by atoms with Crippen LogP contribution in [0.4, 0.5) is 14.9 Å². The fourth-order valence-electron chi connectivity index (χ4n) is 2.41. The van der Waals surface area contributed by atoms with Crippen molar-refractivity contribution in [3.63, 3.8) is 0 Å². The number of carbonyl (C=O) groups is 1. The SMILES string of the molecule is CC(C)(CN)N1CCN(C(=O)Nc2cccc(F)c2)CC1. The molecule has 116 valence electrons. The molecule has 0 atom stereocenters. The Balaban J connectivity index is 1.89. The first-order valence-corrected chi connectivity index (χ1v) is 7.19. The third-order valence-electron chi connectivity index (χ3n) is 4.00. The third kappa shape index (κ3) is 3.92. The van der Waals surface area contributed by atoms with E-state index in [1.54, 1.807) is 17.0 Å². The highest BCUT2D eigenvalue weighted by atomic mass is 19.1. The van der Waals surface area contributed by atoms with Gasteiger partial charge in [-0.2, -0.15) is 0 Å². The highest BCUT2D eigenvalue weighted by Crippen LogP contribution is 2.16. The predicted octanol–water partition coefficient (Wildman–Crippen LogP) is 1.71. The molecule has 2 amide bonds. The summed E-state index contributed by atoms with van der Waals surface area (Å²) in [5.74, 6) is -0.359. The van der Waals surface area contributed by atoms with Crippen LogP contribution in [0.15, 0.2) is 24.3 Å². The number of nitrogens with two attached hydrogens (primary N) is 1. The Morgan fingerprint density at radius 2 is 2.00 bits per heavy atom. The first-order chi connectivity index (χ1) is 9.92. The largest absolute Gasteiger partial charge is 0.329 e. The Bertz CT molecular complexity index is 498. The minimum Gasteiger partial charge on any atom is -0.329 e. The van der Waals surface area contributed by atoms with Crippen molar-refractivity contribution in [3.05, 3.63) is 30.1 Å². The van der Waals surface area contributed by atoms with Crippen LogP contribution in [0.25, 0.3) is 0 Å². The van der Waals surface area contributed by atoms with Gasteiger partial charge in [0.15, 0.2) is 0 Å². The summed E-state index contributed by atoms with van der Waals surface area (Å²) in [6.07, 6.45) is 0. The fourth-order valence-corrected chi connectivity index (χ4v) is 2.41. The maximum Gasteiger partial charge on any atom is 0.321 e. The second-order valence-corrected chi connectivity index (χ2v) is 5.93. The Morgan fingerprint density at radius 1 is 1.33 bits per heavy atom. The zero-order chi connectivity index (χ0) is 15.5. The smallest absolute Gasteiger partial charge is 0.321 e. The lowest BCUT2D eigenvalue weighted by Gasteiger charge is -2.43. The average molecular weight is 294 g/mol. The van der Waals surface area contributed by atoms with E-state index in [4.69, 9.17) is 5.73 Å². The molecule has 1 saturated heterocycles. The van der Waals surface area contributed by atoms with Crippen LogP contribution in [-0.4, -0.2) is 54.1 Å². The van der Waals surface area contributed by atoms with Crippen molar-refractivity contribution in [2.75, 3.05) is 38.0 Å². The van der Waals surface area contributed by atoms with E-state index < -0.39 is 0 Å². The average Bonchev–Trinajstić information content (AvgIpc) is 2.47. The number of rotatable bonds is 3. The predicted molar refractivity (Wildman–Crippen MR) is 81.7 cm³/mol. The van der Waals surface area contributed by atoms with Crippen LogP contribution in [0, 0.1) is 5.82 Å². The monoisotopic (exact) mass is 294 g/mol. The summed E-state index contributed by atoms with van der Waals surface area (Å²) in [5.41, 5.74) is 6.20. The van der Waals surface area contributed by atoms with Crippen molar-refractivity contribution < 1.29 is 9.18 Å². The molecule has 3 N–H and O–H groups in total. The fraction of sp³-hybridized carbons (Fsp3) is 0.533. The van der Waals surface area contributed by atoms with Gasteiger partial charge in [0.05, 0.1) is 0 Å². The summed E-state index contributed by atoms with van der Waals surface area (Å²) in [5, 5.41) is 2.72. The molecule has 0 unspecified atom stereocenters. The van der Waals surface area contributed by atoms with Gasteiger partial charge in [-0.1, -0.05) is 6.07 Å². The molecule has 1 aromatic rings. The quantitative estimate of drug-likeness (QED) is 0.892. The van der Waals surface area contributed by atoms with Crippen LogP contribution < -0.4 is 11.1 Å². The van der Waals surface area contributed by atoms with E-state index in [-0.39, 0.29) is 17.4 Å². The summed E-state index contributed by atoms with van der Waals surface area (Å²) in [7, 11) is 0. The van der Waals surface area contributed by atoms with Crippen molar-refractivity contribution >= 4 is 11.7 Å². The summed E-state index contributed by atoms with van der Waals surface area (Å²) in [4.78, 5) is 16.2. The van der Waals surface area contributed by atoms with Crippen LogP contribution in [0.3, 0.4) is 0 Å². The van der Waals surface area contributed by atoms with Gasteiger partial charge in [-0.3, -0.25) is 4.90 Å². The molecule has 21 heavy (non-hydrogen) atoms. The van der Waals surface area contributed by atoms with Gasteiger partial charge in [0.25, 0.3) is 0 Å². The molecular weight excluding hydrogens is 271 g/mol. The Hall–Kier alpha value is -1.66. The highest BCUT2D eigenvalue weighted by Gasteiger charge is 2.30. The molecule has 0 aliphatic carbocycles. The lowest BCUT2D eigenvalue weighted by atomic mass is 10.0. The van der Waals surface area contributed by atoms with Crippen molar-refractivity contribution in [1.29, 1.82) is 0 Å². The van der Waals surface area contributed by atoms with Gasteiger partial charge in [0.2, 0.25) is 0 Å². The van der Waals surface area contributed by atoms with Gasteiger partial charge in [0.1, 0.15) is 5.82 Å². The summed E-state index contributed by atoms with van der Waals surface area (Å²) >= 11 is 0. The standard InChI is InChI=1S/C15H23FN4O/c1-15(2,11-17)20-8-6-19(7-9-20)14(21)18-13-5-3-4-12(16)10-13/h3-5,10H,6-9,11,17H2,1-2H3,(H,18,21). The molecule has 2 rings (SSSR count). The number of nitrogens with zero attached hydrogens (tertiary/aromatic N) is 2. The number of halogens is 1. The van der Waals surface area contributed by atoms with Gasteiger partial charge in [0, 0.05) is 44.0 Å². The first kappa shape index (κ1) is 15.7. The Labute approximate surface area is 124 Å². The Kier molecular flexibility index (Phi) is 4.80. The van der Waals surface area contributed by atoms with Gasteiger partial charge < -0.3 is 16.0 Å². The van der Waals surface area contributed by atoms with Crippen LogP contribution in [-0.2, 0) is 0 Å². The van der Waals surface area contributed by atoms with Crippen LogP contribution in [0.2, 0.25) is 0 Å². The molecule has 1 aromatic carbocycles. The highest BCUT2D eigenvalue weighted by molar-refractivity contribution is 5.89. The molecule has 1 heterocycles. The number of amides is 2. The van der Waals surface area contributed by atoms with E-state index in [9.17, 15) is 9.18 Å². The molecule has 0 bridgehead atoms.